The Balaban J connectivity index is 0.000000831. The molecule has 36 heteroatoms. The van der Waals surface area contributed by atoms with Gasteiger partial charge in [0.25, 0.3) is 0 Å². The minimum atomic E-state index is -0.556. The van der Waals surface area contributed by atoms with Gasteiger partial charge in [0.2, 0.25) is 0 Å². The van der Waals surface area contributed by atoms with E-state index < -0.39 is 102 Å². The normalized spacial score (nSPS) is 10.8. The Labute approximate surface area is 968 Å². The number of phenolic OH excluding ortho intramolecular Hbond substituents is 6. The average molecular weight is 2510 g/mol. The van der Waals surface area contributed by atoms with Crippen LogP contribution in [-0.2, 0) is 118 Å². The molecule has 0 fully saturated rings. The fraction of sp³-hybridized carbons (Fsp3) is 0.327. The van der Waals surface area contributed by atoms with Crippen LogP contribution in [0, 0.1) is 76.2 Å². The number of aryl methyl sites for hydroxylation is 11. The van der Waals surface area contributed by atoms with Crippen molar-refractivity contribution in [2.45, 2.75) is 155 Å². The quantitative estimate of drug-likeness (QED) is 0.0360. The number of hydrogen-bond donors (Lipinski definition) is 6. The molecule has 0 heterocycles. The Bertz CT molecular complexity index is 5800. The van der Waals surface area contributed by atoms with Gasteiger partial charge >= 0.3 is 214 Å². The molecule has 0 radical (unpaired) electrons. The van der Waals surface area contributed by atoms with Gasteiger partial charge in [0.05, 0.1) is 0 Å². The summed E-state index contributed by atoms with van der Waals surface area (Å²) >= 11 is -3.33. The van der Waals surface area contributed by atoms with Crippen molar-refractivity contribution in [1.82, 2.24) is 0 Å². The van der Waals surface area contributed by atoms with E-state index in [0.29, 0.717) is 86.0 Å². The van der Waals surface area contributed by atoms with Crippen LogP contribution >= 0.6 is 163 Å². The number of rotatable bonds is 18. The van der Waals surface area contributed by atoms with Crippen molar-refractivity contribution in [2.24, 2.45) is 0 Å². The molecule has 0 saturated carbocycles. The van der Waals surface area contributed by atoms with Crippen molar-refractivity contribution in [1.29, 1.82) is 0 Å². The fourth-order valence-electron chi connectivity index (χ4n) is 13.9. The first-order valence-electron chi connectivity index (χ1n) is 44.8. The van der Waals surface area contributed by atoms with Gasteiger partial charge in [-0.2, -0.15) is 0 Å². The predicted molar refractivity (Wildman–Crippen MR) is 637 cm³/mol. The van der Waals surface area contributed by atoms with Gasteiger partial charge in [0.15, 0.2) is 0 Å². The molecule has 12 aromatic rings. The molecule has 0 aliphatic rings. The van der Waals surface area contributed by atoms with Crippen LogP contribution in [0.2, 0.25) is 0 Å². The van der Waals surface area contributed by atoms with Gasteiger partial charge in [-0.1, -0.05) is 253 Å². The summed E-state index contributed by atoms with van der Waals surface area (Å²) < 4.78 is 0. The monoisotopic (exact) mass is 2500 g/mol. The third-order valence-corrected chi connectivity index (χ3v) is 29.8. The van der Waals surface area contributed by atoms with Crippen LogP contribution < -0.4 is 93.1 Å². The van der Waals surface area contributed by atoms with E-state index in [1.165, 1.54) is 122 Å². The van der Waals surface area contributed by atoms with Gasteiger partial charge in [-0.05, 0) is 232 Å². The third kappa shape index (κ3) is 50.8. The number of nitrogens with zero attached hydrogens (tertiary/aromatic N) is 6. The first-order valence-corrected chi connectivity index (χ1v) is 76.6. The second-order valence-electron chi connectivity index (χ2n) is 37.4. The maximum atomic E-state index is 11.1. The molecule has 6 N–H and O–H groups in total. The predicted octanol–water partition coefficient (Wildman–Crippen LogP) is 28.1. The van der Waals surface area contributed by atoms with Gasteiger partial charge in [0.1, 0.15) is 34.5 Å². The summed E-state index contributed by atoms with van der Waals surface area (Å²) in [7, 11) is 86.1. The number of anilines is 6. The standard InChI is InChI=1S/C23H34NOP.C20H28NOP.C17H22NOP.2C16H20NOP.C15H18NOP.12ClH.6Ti/c1-15-11-10-12-18(24(8)9)21(15)26-19-14-16(22(2,3)4)13-17(20(19)25)23(5,6)7;1-13-9-8-10-16(21(6)7)19(13)23-17-12-15(20(3,4)5)11-14(2)18(17)22;1-11-6-7-15(14(9-11)18(4)5)20-16-10-12(2)8-13(3)17(16)19;1-11-6-8-15(13(9-11)17(3)4)19-16-10-12(2)5-7-14(16)18;1-11-8-9-14(13(10-11)17(3)4)19-15-7-5-6-12(2)16(15)18;1-11-8-9-14(12(10-11)16(2)3)18-15-7-5-4-6-13(15)17;;;;;;;;;;;;;;;;;;/h10-14,25-26H,1-9H3;8-12,22-23H,1-7H3;6-10,19-20H,1-5H3;2*5-10,18-19H,1-4H3;4-10,17-18H,1-3H3;12*1H;;;;;;/q;;;;;;;;;;;;;;;;;;6*+2/p-12. The molecule has 0 saturated heterocycles. The van der Waals surface area contributed by atoms with Gasteiger partial charge in [-0.15, -0.1) is 0 Å². The van der Waals surface area contributed by atoms with E-state index in [-0.39, 0.29) is 16.2 Å². The summed E-state index contributed by atoms with van der Waals surface area (Å²) in [6.45, 7) is 42.6. The van der Waals surface area contributed by atoms with Crippen LogP contribution in [0.3, 0.4) is 0 Å². The Morgan fingerprint density at radius 3 is 0.825 bits per heavy atom. The molecule has 774 valence electrons. The van der Waals surface area contributed by atoms with Gasteiger partial charge in [0, 0.05) is 188 Å². The summed E-state index contributed by atoms with van der Waals surface area (Å²) in [6, 6.07) is 70.7. The van der Waals surface area contributed by atoms with E-state index in [4.69, 9.17) is 112 Å². The SMILES string of the molecule is Cc1cc(C(C)(C)C)cc(Pc2c(C)cccc2N(C)C)c1O.Cc1cc(C)c(O)c(Pc2ccc(C)cc2N(C)C)c1.Cc1ccc(O)c(Pc2ccc(C)cc2N(C)C)c1.Cc1ccc(Pc2cccc(C)c2O)c(N(C)C)c1.Cc1ccc(Pc2ccccc2O)c(N(C)C)c1.Cc1cccc(N(C)C)c1Pc1cc(C(C)(C)C)cc(C(C)(C)C)c1O.[Cl][Ti][Cl].[Cl][Ti][Cl].[Cl][Ti][Cl].[Cl][Ti][Cl].[Cl][Ti][Cl].[Cl][Ti][Cl]. The summed E-state index contributed by atoms with van der Waals surface area (Å²) in [4.78, 5) is 12.8. The van der Waals surface area contributed by atoms with Crippen LogP contribution in [-0.4, -0.2) is 115 Å². The number of hydrogen-bond acceptors (Lipinski definition) is 12. The Morgan fingerprint density at radius 2 is 0.476 bits per heavy atom. The molecule has 0 bridgehead atoms. The average Bonchev–Trinajstić information content (AvgIpc) is 0.772. The Hall–Kier alpha value is -1.41. The zero-order valence-corrected chi connectivity index (χ0v) is 112. The molecule has 0 aliphatic heterocycles. The number of phenols is 6. The van der Waals surface area contributed by atoms with Crippen LogP contribution in [0.4, 0.5) is 34.1 Å². The second kappa shape index (κ2) is 72.3. The topological polar surface area (TPSA) is 141 Å². The van der Waals surface area contributed by atoms with Crippen molar-refractivity contribution in [3.63, 3.8) is 0 Å². The fourth-order valence-corrected chi connectivity index (χ4v) is 22.4. The van der Waals surface area contributed by atoms with E-state index >= 15 is 0 Å². The number of halogens is 12. The van der Waals surface area contributed by atoms with Crippen molar-refractivity contribution in [3.05, 3.63) is 284 Å². The van der Waals surface area contributed by atoms with Crippen molar-refractivity contribution < 1.29 is 133 Å². The molecule has 0 amide bonds. The van der Waals surface area contributed by atoms with Crippen molar-refractivity contribution >= 4 is 261 Å². The minimum absolute atomic E-state index is 0.0447. The van der Waals surface area contributed by atoms with Crippen LogP contribution in [0.15, 0.2) is 206 Å². The van der Waals surface area contributed by atoms with E-state index in [1.807, 2.05) is 83.4 Å². The first kappa shape index (κ1) is 140. The first-order chi connectivity index (χ1) is 66.8. The molecule has 0 aliphatic carbocycles. The van der Waals surface area contributed by atoms with Gasteiger partial charge < -0.3 is 60.0 Å². The number of para-hydroxylation sites is 2. The Morgan fingerprint density at radius 1 is 0.210 bits per heavy atom. The molecule has 0 spiro atoms. The van der Waals surface area contributed by atoms with Crippen LogP contribution in [0.1, 0.15) is 140 Å². The molecule has 6 unspecified atom stereocenters. The van der Waals surface area contributed by atoms with E-state index in [9.17, 15) is 30.6 Å². The number of benzene rings is 12. The van der Waals surface area contributed by atoms with Crippen LogP contribution in [0.25, 0.3) is 0 Å². The molecular weight excluding hydrogens is 2360 g/mol. The Kier molecular flexibility index (Phi) is 70.6. The third-order valence-electron chi connectivity index (χ3n) is 21.3. The molecule has 6 atom stereocenters. The van der Waals surface area contributed by atoms with Crippen LogP contribution in [0.5, 0.6) is 34.5 Å². The molecule has 12 rings (SSSR count). The second-order valence-corrected chi connectivity index (χ2v) is 60.8. The van der Waals surface area contributed by atoms with Crippen molar-refractivity contribution in [2.75, 3.05) is 114 Å². The molecule has 12 nitrogen and oxygen atoms in total. The summed E-state index contributed by atoms with van der Waals surface area (Å²) in [5, 5.41) is 75.6. The van der Waals surface area contributed by atoms with E-state index in [2.05, 4.69) is 363 Å². The molecule has 143 heavy (non-hydrogen) atoms. The number of aromatic hydroxyl groups is 6. The zero-order valence-electron chi connectivity index (χ0n) is 88.0. The molecule has 12 aromatic carbocycles. The van der Waals surface area contributed by atoms with Crippen molar-refractivity contribution in [3.8, 4) is 34.5 Å². The molecular formula is C107H142Cl12N6O6P6Ti6. The van der Waals surface area contributed by atoms with E-state index in [1.54, 1.807) is 12.1 Å². The summed E-state index contributed by atoms with van der Waals surface area (Å²) in [5.74, 6) is 2.50. The van der Waals surface area contributed by atoms with Gasteiger partial charge in [-0.3, -0.25) is 0 Å². The maximum absolute atomic E-state index is 11.1. The zero-order chi connectivity index (χ0) is 109. The van der Waals surface area contributed by atoms with E-state index in [0.717, 1.165) is 54.1 Å². The van der Waals surface area contributed by atoms with Gasteiger partial charge in [-0.25, -0.2) is 0 Å². The summed E-state index contributed by atoms with van der Waals surface area (Å²) in [6.07, 6.45) is 0. The summed E-state index contributed by atoms with van der Waals surface area (Å²) in [5.41, 5.74) is 23.7. The molecule has 0 aromatic heterocycles.